The molecule has 1 aliphatic heterocycles. The number of nitrogens with zero attached hydrogens (tertiary/aromatic N) is 1. The molecule has 2 fully saturated rings. The van der Waals surface area contributed by atoms with Gasteiger partial charge in [-0.25, -0.2) is 0 Å². The SMILES string of the molecule is O=C(NCCN1C(=O)S/C(=C\c2ccccc2)C1=O)[C@@H]1C[C@H]2C=C[C@H]1C2. The third kappa shape index (κ3) is 3.33. The fourth-order valence-corrected chi connectivity index (χ4v) is 4.76. The molecule has 1 aromatic rings. The molecule has 5 nitrogen and oxygen atoms in total. The number of thioether (sulfide) groups is 1. The van der Waals surface area contributed by atoms with Crippen LogP contribution in [0.25, 0.3) is 6.08 Å². The van der Waals surface area contributed by atoms with E-state index in [-0.39, 0.29) is 29.5 Å². The highest BCUT2D eigenvalue weighted by atomic mass is 32.2. The minimum atomic E-state index is -0.291. The van der Waals surface area contributed by atoms with Crippen LogP contribution in [0, 0.1) is 17.8 Å². The van der Waals surface area contributed by atoms with Gasteiger partial charge in [0.15, 0.2) is 0 Å². The summed E-state index contributed by atoms with van der Waals surface area (Å²) in [6.45, 7) is 0.506. The lowest BCUT2D eigenvalue weighted by atomic mass is 9.93. The fraction of sp³-hybridized carbons (Fsp3) is 0.350. The first-order valence-corrected chi connectivity index (χ1v) is 9.70. The number of benzene rings is 1. The zero-order valence-corrected chi connectivity index (χ0v) is 15.1. The molecular weight excluding hydrogens is 348 g/mol. The highest BCUT2D eigenvalue weighted by Gasteiger charge is 2.40. The maximum atomic E-state index is 12.5. The molecule has 3 amide bonds. The van der Waals surface area contributed by atoms with Crippen molar-refractivity contribution in [2.45, 2.75) is 12.8 Å². The number of nitrogens with one attached hydrogen (secondary N) is 1. The normalized spacial score (nSPS) is 28.4. The zero-order valence-electron chi connectivity index (χ0n) is 14.3. The number of rotatable bonds is 5. The summed E-state index contributed by atoms with van der Waals surface area (Å²) >= 11 is 0.947. The van der Waals surface area contributed by atoms with Crippen LogP contribution in [0.1, 0.15) is 18.4 Å². The van der Waals surface area contributed by atoms with E-state index in [0.717, 1.165) is 30.2 Å². The van der Waals surface area contributed by atoms with Gasteiger partial charge in [0, 0.05) is 19.0 Å². The average molecular weight is 368 g/mol. The summed E-state index contributed by atoms with van der Waals surface area (Å²) in [5.41, 5.74) is 0.885. The number of hydrogen-bond donors (Lipinski definition) is 1. The number of carbonyl (C=O) groups excluding carboxylic acids is 3. The molecule has 1 saturated carbocycles. The Kier molecular flexibility index (Phi) is 4.68. The fourth-order valence-electron chi connectivity index (χ4n) is 3.90. The molecule has 4 rings (SSSR count). The van der Waals surface area contributed by atoms with Crippen molar-refractivity contribution >= 4 is 34.9 Å². The maximum Gasteiger partial charge on any atom is 0.293 e. The van der Waals surface area contributed by atoms with Gasteiger partial charge in [0.1, 0.15) is 0 Å². The van der Waals surface area contributed by atoms with Gasteiger partial charge in [0.25, 0.3) is 11.1 Å². The highest BCUT2D eigenvalue weighted by Crippen LogP contribution is 2.43. The van der Waals surface area contributed by atoms with Crippen molar-refractivity contribution in [2.24, 2.45) is 17.8 Å². The third-order valence-corrected chi connectivity index (χ3v) is 6.13. The van der Waals surface area contributed by atoms with Gasteiger partial charge in [-0.15, -0.1) is 0 Å². The Morgan fingerprint density at radius 3 is 2.69 bits per heavy atom. The van der Waals surface area contributed by atoms with Crippen LogP contribution in [-0.2, 0) is 9.59 Å². The maximum absolute atomic E-state index is 12.5. The van der Waals surface area contributed by atoms with Crippen molar-refractivity contribution in [1.82, 2.24) is 10.2 Å². The molecule has 134 valence electrons. The van der Waals surface area contributed by atoms with Crippen LogP contribution in [0.5, 0.6) is 0 Å². The van der Waals surface area contributed by atoms with Gasteiger partial charge in [-0.2, -0.15) is 0 Å². The van der Waals surface area contributed by atoms with Gasteiger partial charge in [0.05, 0.1) is 4.91 Å². The summed E-state index contributed by atoms with van der Waals surface area (Å²) in [7, 11) is 0. The number of allylic oxidation sites excluding steroid dienone is 2. The standard InChI is InChI=1S/C20H20N2O3S/c23-18(16-11-14-6-7-15(16)10-14)21-8-9-22-19(24)17(26-20(22)25)12-13-4-2-1-3-5-13/h1-7,12,14-16H,8-11H2,(H,21,23)/b17-12-/t14-,15-,16+/m0/s1. The first-order chi connectivity index (χ1) is 12.6. The molecule has 1 N–H and O–H groups in total. The first-order valence-electron chi connectivity index (χ1n) is 8.88. The minimum Gasteiger partial charge on any atom is -0.354 e. The summed E-state index contributed by atoms with van der Waals surface area (Å²) in [4.78, 5) is 38.5. The number of amides is 3. The summed E-state index contributed by atoms with van der Waals surface area (Å²) < 4.78 is 0. The molecule has 2 bridgehead atoms. The van der Waals surface area contributed by atoms with Crippen LogP contribution in [0.3, 0.4) is 0 Å². The van der Waals surface area contributed by atoms with Gasteiger partial charge in [-0.05, 0) is 48.1 Å². The third-order valence-electron chi connectivity index (χ3n) is 5.22. The Labute approximate surface area is 156 Å². The lowest BCUT2D eigenvalue weighted by Gasteiger charge is -2.19. The van der Waals surface area contributed by atoms with E-state index in [0.29, 0.717) is 23.3 Å². The van der Waals surface area contributed by atoms with Gasteiger partial charge < -0.3 is 5.32 Å². The monoisotopic (exact) mass is 368 g/mol. The van der Waals surface area contributed by atoms with Gasteiger partial charge in [-0.1, -0.05) is 42.5 Å². The Morgan fingerprint density at radius 1 is 1.19 bits per heavy atom. The number of carbonyl (C=O) groups is 3. The Bertz CT molecular complexity index is 803. The molecule has 3 atom stereocenters. The quantitative estimate of drug-likeness (QED) is 0.641. The molecule has 1 heterocycles. The number of imide groups is 1. The first kappa shape index (κ1) is 17.1. The zero-order chi connectivity index (χ0) is 18.1. The predicted octanol–water partition coefficient (Wildman–Crippen LogP) is 3.05. The Hall–Kier alpha value is -2.34. The largest absolute Gasteiger partial charge is 0.354 e. The molecule has 0 radical (unpaired) electrons. The molecule has 0 unspecified atom stereocenters. The second-order valence-corrected chi connectivity index (χ2v) is 7.91. The lowest BCUT2D eigenvalue weighted by molar-refractivity contribution is -0.127. The summed E-state index contributed by atoms with van der Waals surface area (Å²) in [5.74, 6) is 0.679. The molecule has 1 aromatic carbocycles. The second kappa shape index (κ2) is 7.11. The molecule has 26 heavy (non-hydrogen) atoms. The van der Waals surface area contributed by atoms with Crippen LogP contribution >= 0.6 is 11.8 Å². The highest BCUT2D eigenvalue weighted by molar-refractivity contribution is 8.18. The van der Waals surface area contributed by atoms with Gasteiger partial charge in [-0.3, -0.25) is 19.3 Å². The van der Waals surface area contributed by atoms with E-state index in [1.54, 1.807) is 6.08 Å². The van der Waals surface area contributed by atoms with E-state index in [1.165, 1.54) is 4.90 Å². The van der Waals surface area contributed by atoms with E-state index < -0.39 is 0 Å². The van der Waals surface area contributed by atoms with E-state index in [4.69, 9.17) is 0 Å². The van der Waals surface area contributed by atoms with Crippen LogP contribution < -0.4 is 5.32 Å². The molecule has 3 aliphatic rings. The molecule has 0 aromatic heterocycles. The van der Waals surface area contributed by atoms with Crippen molar-refractivity contribution in [2.75, 3.05) is 13.1 Å². The number of fused-ring (bicyclic) bond motifs is 2. The average Bonchev–Trinajstić information content (AvgIpc) is 3.34. The van der Waals surface area contributed by atoms with Crippen LogP contribution in [0.4, 0.5) is 4.79 Å². The summed E-state index contributed by atoms with van der Waals surface area (Å²) in [5, 5.41) is 2.61. The van der Waals surface area contributed by atoms with Crippen LogP contribution in [-0.4, -0.2) is 35.0 Å². The Morgan fingerprint density at radius 2 is 2.00 bits per heavy atom. The second-order valence-electron chi connectivity index (χ2n) is 6.92. The Balaban J connectivity index is 1.31. The van der Waals surface area contributed by atoms with E-state index >= 15 is 0 Å². The van der Waals surface area contributed by atoms with Crippen LogP contribution in [0.15, 0.2) is 47.4 Å². The van der Waals surface area contributed by atoms with E-state index in [1.807, 2.05) is 30.3 Å². The van der Waals surface area contributed by atoms with Crippen molar-refractivity contribution in [3.63, 3.8) is 0 Å². The molecular formula is C20H20N2O3S. The van der Waals surface area contributed by atoms with Gasteiger partial charge in [0.2, 0.25) is 5.91 Å². The predicted molar refractivity (Wildman–Crippen MR) is 101 cm³/mol. The van der Waals surface area contributed by atoms with E-state index in [9.17, 15) is 14.4 Å². The van der Waals surface area contributed by atoms with Crippen LogP contribution in [0.2, 0.25) is 0 Å². The minimum absolute atomic E-state index is 0.0358. The smallest absolute Gasteiger partial charge is 0.293 e. The van der Waals surface area contributed by atoms with Crippen molar-refractivity contribution < 1.29 is 14.4 Å². The molecule has 6 heteroatoms. The van der Waals surface area contributed by atoms with Crippen molar-refractivity contribution in [3.05, 3.63) is 53.0 Å². The molecule has 0 spiro atoms. The molecule has 2 aliphatic carbocycles. The molecule has 1 saturated heterocycles. The van der Waals surface area contributed by atoms with E-state index in [2.05, 4.69) is 17.5 Å². The summed E-state index contributed by atoms with van der Waals surface area (Å²) in [6, 6.07) is 9.45. The van der Waals surface area contributed by atoms with Crippen molar-refractivity contribution in [3.8, 4) is 0 Å². The topological polar surface area (TPSA) is 66.5 Å². The summed E-state index contributed by atoms with van der Waals surface area (Å²) in [6.07, 6.45) is 8.06. The number of hydrogen-bond acceptors (Lipinski definition) is 4. The lowest BCUT2D eigenvalue weighted by Crippen LogP contribution is -2.40. The van der Waals surface area contributed by atoms with Crippen molar-refractivity contribution in [1.29, 1.82) is 0 Å². The van der Waals surface area contributed by atoms with Gasteiger partial charge >= 0.3 is 0 Å².